The first kappa shape index (κ1) is 14.2. The van der Waals surface area contributed by atoms with Crippen LogP contribution in [0.25, 0.3) is 11.1 Å². The average molecular weight is 341 g/mol. The molecule has 100 valence electrons. The monoisotopic (exact) mass is 340 g/mol. The Hall–Kier alpha value is -1.20. The lowest BCUT2D eigenvalue weighted by atomic mass is 10.1. The summed E-state index contributed by atoms with van der Waals surface area (Å²) in [6.45, 7) is 2.09. The lowest BCUT2D eigenvalue weighted by Crippen LogP contribution is -2.04. The molecule has 0 fully saturated rings. The summed E-state index contributed by atoms with van der Waals surface area (Å²) in [6.07, 6.45) is 2.02. The van der Waals surface area contributed by atoms with Gasteiger partial charge in [-0.15, -0.1) is 11.8 Å². The number of hydrogen-bond donors (Lipinski definition) is 0. The highest BCUT2D eigenvalue weighted by atomic mass is 79.9. The second kappa shape index (κ2) is 6.30. The van der Waals surface area contributed by atoms with Crippen molar-refractivity contribution >= 4 is 33.7 Å². The maximum atomic E-state index is 11.8. The molecule has 19 heavy (non-hydrogen) atoms. The Bertz CT molecular complexity index is 575. The molecular formula is C14H13BrO3S. The number of furan rings is 1. The van der Waals surface area contributed by atoms with E-state index < -0.39 is 5.97 Å². The van der Waals surface area contributed by atoms with Crippen LogP contribution in [0, 0.1) is 0 Å². The van der Waals surface area contributed by atoms with Gasteiger partial charge in [-0.25, -0.2) is 4.79 Å². The molecule has 0 aliphatic heterocycles. The van der Waals surface area contributed by atoms with Gasteiger partial charge in [0.2, 0.25) is 5.76 Å². The van der Waals surface area contributed by atoms with Crippen LogP contribution in [-0.2, 0) is 4.74 Å². The maximum absolute atomic E-state index is 11.8. The Morgan fingerprint density at radius 3 is 2.63 bits per heavy atom. The topological polar surface area (TPSA) is 39.4 Å². The first-order valence-electron chi connectivity index (χ1n) is 5.76. The minimum absolute atomic E-state index is 0.227. The van der Waals surface area contributed by atoms with Crippen LogP contribution in [0.5, 0.6) is 0 Å². The molecule has 0 aliphatic rings. The zero-order chi connectivity index (χ0) is 13.8. The lowest BCUT2D eigenvalue weighted by Gasteiger charge is -2.03. The van der Waals surface area contributed by atoms with Crippen molar-refractivity contribution in [1.82, 2.24) is 0 Å². The number of thioether (sulfide) groups is 1. The SMILES string of the molecule is CCOC(=O)c1oc(Br)cc1-c1ccc(SC)cc1. The molecule has 5 heteroatoms. The molecule has 0 atom stereocenters. The van der Waals surface area contributed by atoms with Crippen LogP contribution in [0.15, 0.2) is 44.3 Å². The van der Waals surface area contributed by atoms with Gasteiger partial charge < -0.3 is 9.15 Å². The van der Waals surface area contributed by atoms with Crippen molar-refractivity contribution in [3.05, 3.63) is 40.8 Å². The van der Waals surface area contributed by atoms with E-state index in [-0.39, 0.29) is 5.76 Å². The molecule has 0 N–H and O–H groups in total. The van der Waals surface area contributed by atoms with Gasteiger partial charge in [0.05, 0.1) is 6.61 Å². The molecule has 3 nitrogen and oxygen atoms in total. The fourth-order valence-electron chi connectivity index (χ4n) is 1.69. The predicted octanol–water partition coefficient (Wildman–Crippen LogP) is 4.61. The number of benzene rings is 1. The van der Waals surface area contributed by atoms with E-state index >= 15 is 0 Å². The molecule has 1 aromatic carbocycles. The van der Waals surface area contributed by atoms with Crippen LogP contribution in [0.3, 0.4) is 0 Å². The highest BCUT2D eigenvalue weighted by molar-refractivity contribution is 9.10. The summed E-state index contributed by atoms with van der Waals surface area (Å²) >= 11 is 4.92. The summed E-state index contributed by atoms with van der Waals surface area (Å²) in [6, 6.07) is 9.73. The third-order valence-electron chi connectivity index (χ3n) is 2.56. The van der Waals surface area contributed by atoms with Crippen LogP contribution in [0.2, 0.25) is 0 Å². The Balaban J connectivity index is 2.40. The van der Waals surface area contributed by atoms with E-state index in [0.717, 1.165) is 11.1 Å². The molecule has 0 spiro atoms. The van der Waals surface area contributed by atoms with E-state index in [2.05, 4.69) is 15.9 Å². The summed E-state index contributed by atoms with van der Waals surface area (Å²) in [5, 5.41) is 0. The Morgan fingerprint density at radius 1 is 1.37 bits per heavy atom. The number of halogens is 1. The molecule has 1 heterocycles. The number of carbonyl (C=O) groups excluding carboxylic acids is 1. The lowest BCUT2D eigenvalue weighted by molar-refractivity contribution is 0.0490. The molecule has 0 radical (unpaired) electrons. The van der Waals surface area contributed by atoms with Gasteiger partial charge >= 0.3 is 5.97 Å². The van der Waals surface area contributed by atoms with Gasteiger partial charge in [-0.05, 0) is 52.9 Å². The van der Waals surface area contributed by atoms with Gasteiger partial charge in [0.15, 0.2) is 4.67 Å². The molecule has 0 bridgehead atoms. The average Bonchev–Trinajstić information content (AvgIpc) is 2.81. The molecule has 1 aromatic heterocycles. The van der Waals surface area contributed by atoms with Gasteiger partial charge in [0.1, 0.15) is 0 Å². The number of hydrogen-bond acceptors (Lipinski definition) is 4. The summed E-state index contributed by atoms with van der Waals surface area (Å²) in [5.74, 6) is -0.220. The molecular weight excluding hydrogens is 328 g/mol. The Kier molecular flexibility index (Phi) is 4.71. The van der Waals surface area contributed by atoms with Gasteiger partial charge in [0.25, 0.3) is 0 Å². The fraction of sp³-hybridized carbons (Fsp3) is 0.214. The number of esters is 1. The van der Waals surface area contributed by atoms with Crippen LogP contribution in [0.4, 0.5) is 0 Å². The van der Waals surface area contributed by atoms with E-state index in [0.29, 0.717) is 11.3 Å². The van der Waals surface area contributed by atoms with Crippen LogP contribution >= 0.6 is 27.7 Å². The quantitative estimate of drug-likeness (QED) is 0.601. The van der Waals surface area contributed by atoms with Crippen molar-refractivity contribution in [2.75, 3.05) is 12.9 Å². The summed E-state index contributed by atoms with van der Waals surface area (Å²) in [5.41, 5.74) is 1.66. The van der Waals surface area contributed by atoms with E-state index in [1.165, 1.54) is 4.90 Å². The molecule has 0 unspecified atom stereocenters. The van der Waals surface area contributed by atoms with Gasteiger partial charge in [-0.1, -0.05) is 12.1 Å². The minimum Gasteiger partial charge on any atom is -0.460 e. The molecule has 0 saturated carbocycles. The number of ether oxygens (including phenoxy) is 1. The van der Waals surface area contributed by atoms with Gasteiger partial charge in [-0.2, -0.15) is 0 Å². The molecule has 2 aromatic rings. The minimum atomic E-state index is -0.447. The molecule has 0 aliphatic carbocycles. The summed E-state index contributed by atoms with van der Waals surface area (Å²) in [7, 11) is 0. The normalized spacial score (nSPS) is 10.5. The number of rotatable bonds is 4. The van der Waals surface area contributed by atoms with E-state index in [1.807, 2.05) is 30.5 Å². The van der Waals surface area contributed by atoms with E-state index in [4.69, 9.17) is 9.15 Å². The third kappa shape index (κ3) is 3.22. The largest absolute Gasteiger partial charge is 0.460 e. The second-order valence-corrected chi connectivity index (χ2v) is 5.40. The van der Waals surface area contributed by atoms with Crippen molar-refractivity contribution < 1.29 is 13.9 Å². The van der Waals surface area contributed by atoms with E-state index in [9.17, 15) is 4.79 Å². The van der Waals surface area contributed by atoms with Crippen molar-refractivity contribution in [2.45, 2.75) is 11.8 Å². The van der Waals surface area contributed by atoms with Crippen LogP contribution in [-0.4, -0.2) is 18.8 Å². The zero-order valence-corrected chi connectivity index (χ0v) is 13.0. The standard InChI is InChI=1S/C14H13BrO3S/c1-3-17-14(16)13-11(8-12(15)18-13)9-4-6-10(19-2)7-5-9/h4-8H,3H2,1-2H3. The smallest absolute Gasteiger partial charge is 0.374 e. The summed E-state index contributed by atoms with van der Waals surface area (Å²) < 4.78 is 10.9. The highest BCUT2D eigenvalue weighted by Gasteiger charge is 2.20. The first-order chi connectivity index (χ1) is 9.15. The van der Waals surface area contributed by atoms with Gasteiger partial charge in [0, 0.05) is 10.5 Å². The Labute approximate surface area is 124 Å². The fourth-order valence-corrected chi connectivity index (χ4v) is 2.49. The van der Waals surface area contributed by atoms with Crippen molar-refractivity contribution in [3.63, 3.8) is 0 Å². The van der Waals surface area contributed by atoms with Gasteiger partial charge in [-0.3, -0.25) is 0 Å². The number of carbonyl (C=O) groups is 1. The third-order valence-corrected chi connectivity index (χ3v) is 3.70. The maximum Gasteiger partial charge on any atom is 0.374 e. The molecule has 2 rings (SSSR count). The van der Waals surface area contributed by atoms with Crippen LogP contribution in [0.1, 0.15) is 17.5 Å². The molecule has 0 saturated heterocycles. The highest BCUT2D eigenvalue weighted by Crippen LogP contribution is 2.31. The molecule has 0 amide bonds. The first-order valence-corrected chi connectivity index (χ1v) is 7.78. The predicted molar refractivity (Wildman–Crippen MR) is 79.6 cm³/mol. The van der Waals surface area contributed by atoms with Crippen molar-refractivity contribution in [2.24, 2.45) is 0 Å². The van der Waals surface area contributed by atoms with Crippen molar-refractivity contribution in [1.29, 1.82) is 0 Å². The van der Waals surface area contributed by atoms with E-state index in [1.54, 1.807) is 24.8 Å². The van der Waals surface area contributed by atoms with Crippen LogP contribution < -0.4 is 0 Å². The zero-order valence-electron chi connectivity index (χ0n) is 10.6. The summed E-state index contributed by atoms with van der Waals surface area (Å²) in [4.78, 5) is 13.0. The second-order valence-electron chi connectivity index (χ2n) is 3.74. The Morgan fingerprint density at radius 2 is 2.05 bits per heavy atom. The van der Waals surface area contributed by atoms with Crippen molar-refractivity contribution in [3.8, 4) is 11.1 Å².